The SMILES string of the molecule is CC(C)COC(=O)c1c(O)c2cccnc2c(=O)n1C. The van der Waals surface area contributed by atoms with Crippen LogP contribution in [0.4, 0.5) is 0 Å². The average Bonchev–Trinajstić information content (AvgIpc) is 2.43. The van der Waals surface area contributed by atoms with E-state index in [1.165, 1.54) is 19.3 Å². The van der Waals surface area contributed by atoms with Gasteiger partial charge in [0.2, 0.25) is 0 Å². The van der Waals surface area contributed by atoms with Crippen LogP contribution >= 0.6 is 0 Å². The zero-order valence-electron chi connectivity index (χ0n) is 11.6. The molecule has 2 aromatic heterocycles. The number of pyridine rings is 2. The number of rotatable bonds is 3. The number of ether oxygens (including phenoxy) is 1. The van der Waals surface area contributed by atoms with E-state index in [-0.39, 0.29) is 34.9 Å². The molecule has 0 spiro atoms. The predicted molar refractivity (Wildman–Crippen MR) is 73.8 cm³/mol. The third-order valence-electron chi connectivity index (χ3n) is 2.87. The van der Waals surface area contributed by atoms with E-state index in [0.717, 1.165) is 4.57 Å². The summed E-state index contributed by atoms with van der Waals surface area (Å²) in [7, 11) is 1.40. The molecule has 0 amide bonds. The maximum atomic E-state index is 12.1. The number of carbonyl (C=O) groups excluding carboxylic acids is 1. The summed E-state index contributed by atoms with van der Waals surface area (Å²) < 4.78 is 6.14. The van der Waals surface area contributed by atoms with E-state index >= 15 is 0 Å². The zero-order valence-corrected chi connectivity index (χ0v) is 11.6. The van der Waals surface area contributed by atoms with E-state index in [9.17, 15) is 14.7 Å². The quantitative estimate of drug-likeness (QED) is 0.858. The molecule has 20 heavy (non-hydrogen) atoms. The molecule has 0 fully saturated rings. The first-order chi connectivity index (χ1) is 9.43. The first-order valence-electron chi connectivity index (χ1n) is 6.27. The van der Waals surface area contributed by atoms with Gasteiger partial charge in [0.1, 0.15) is 5.52 Å². The van der Waals surface area contributed by atoms with Gasteiger partial charge in [-0.1, -0.05) is 13.8 Å². The monoisotopic (exact) mass is 276 g/mol. The summed E-state index contributed by atoms with van der Waals surface area (Å²) in [6, 6.07) is 3.13. The summed E-state index contributed by atoms with van der Waals surface area (Å²) in [4.78, 5) is 28.1. The Kier molecular flexibility index (Phi) is 3.74. The second-order valence-electron chi connectivity index (χ2n) is 4.95. The maximum Gasteiger partial charge on any atom is 0.358 e. The Morgan fingerprint density at radius 1 is 1.50 bits per heavy atom. The highest BCUT2D eigenvalue weighted by Gasteiger charge is 2.22. The lowest BCUT2D eigenvalue weighted by Gasteiger charge is -2.13. The molecule has 0 aromatic carbocycles. The molecule has 0 aliphatic carbocycles. The van der Waals surface area contributed by atoms with Crippen molar-refractivity contribution in [2.45, 2.75) is 13.8 Å². The molecule has 0 radical (unpaired) electrons. The second-order valence-corrected chi connectivity index (χ2v) is 4.95. The first-order valence-corrected chi connectivity index (χ1v) is 6.27. The van der Waals surface area contributed by atoms with Crippen molar-refractivity contribution in [3.8, 4) is 5.75 Å². The fourth-order valence-electron chi connectivity index (χ4n) is 1.86. The van der Waals surface area contributed by atoms with Crippen molar-refractivity contribution in [3.05, 3.63) is 34.4 Å². The molecule has 1 N–H and O–H groups in total. The van der Waals surface area contributed by atoms with E-state index in [1.807, 2.05) is 13.8 Å². The van der Waals surface area contributed by atoms with Crippen molar-refractivity contribution in [3.63, 3.8) is 0 Å². The smallest absolute Gasteiger partial charge is 0.358 e. The van der Waals surface area contributed by atoms with Crippen molar-refractivity contribution in [1.82, 2.24) is 9.55 Å². The number of nitrogens with zero attached hydrogens (tertiary/aromatic N) is 2. The highest BCUT2D eigenvalue weighted by atomic mass is 16.5. The number of hydrogen-bond acceptors (Lipinski definition) is 5. The van der Waals surface area contributed by atoms with Crippen LogP contribution in [0, 0.1) is 5.92 Å². The summed E-state index contributed by atoms with van der Waals surface area (Å²) in [6.45, 7) is 4.02. The largest absolute Gasteiger partial charge is 0.505 e. The minimum atomic E-state index is -0.721. The summed E-state index contributed by atoms with van der Waals surface area (Å²) in [6.07, 6.45) is 1.46. The normalized spacial score (nSPS) is 11.0. The van der Waals surface area contributed by atoms with E-state index in [4.69, 9.17) is 4.74 Å². The van der Waals surface area contributed by atoms with Crippen LogP contribution in [0.3, 0.4) is 0 Å². The van der Waals surface area contributed by atoms with Gasteiger partial charge in [-0.25, -0.2) is 4.79 Å². The Labute approximate surface area is 115 Å². The summed E-state index contributed by atoms with van der Waals surface area (Å²) in [5, 5.41) is 10.4. The average molecular weight is 276 g/mol. The molecule has 0 atom stereocenters. The molecule has 0 saturated carbocycles. The molecule has 2 rings (SSSR count). The molecule has 2 aromatic rings. The highest BCUT2D eigenvalue weighted by Crippen LogP contribution is 2.25. The van der Waals surface area contributed by atoms with Gasteiger partial charge in [-0.3, -0.25) is 9.78 Å². The van der Waals surface area contributed by atoms with Crippen molar-refractivity contribution in [1.29, 1.82) is 0 Å². The Morgan fingerprint density at radius 2 is 2.20 bits per heavy atom. The number of carbonyl (C=O) groups is 1. The van der Waals surface area contributed by atoms with Gasteiger partial charge < -0.3 is 14.4 Å². The van der Waals surface area contributed by atoms with Crippen LogP contribution in [-0.4, -0.2) is 27.2 Å². The van der Waals surface area contributed by atoms with Gasteiger partial charge in [0.05, 0.1) is 12.0 Å². The van der Waals surface area contributed by atoms with Crippen LogP contribution in [0.1, 0.15) is 24.3 Å². The fourth-order valence-corrected chi connectivity index (χ4v) is 1.86. The molecular formula is C14H16N2O4. The van der Waals surface area contributed by atoms with Crippen molar-refractivity contribution >= 4 is 16.9 Å². The fraction of sp³-hybridized carbons (Fsp3) is 0.357. The molecule has 0 bridgehead atoms. The lowest BCUT2D eigenvalue weighted by Crippen LogP contribution is -2.25. The molecular weight excluding hydrogens is 260 g/mol. The molecule has 0 aliphatic rings. The number of esters is 1. The van der Waals surface area contributed by atoms with E-state index in [1.54, 1.807) is 6.07 Å². The van der Waals surface area contributed by atoms with Gasteiger partial charge in [0, 0.05) is 13.2 Å². The number of aromatic nitrogens is 2. The standard InChI is InChI=1S/C14H16N2O4/c1-8(2)7-20-14(19)11-12(17)9-5-4-6-15-10(9)13(18)16(11)3/h4-6,8,17H,7H2,1-3H3. The van der Waals surface area contributed by atoms with E-state index in [2.05, 4.69) is 4.98 Å². The minimum absolute atomic E-state index is 0.118. The third kappa shape index (κ3) is 2.36. The lowest BCUT2D eigenvalue weighted by molar-refractivity contribution is 0.0443. The van der Waals surface area contributed by atoms with Crippen LogP contribution < -0.4 is 5.56 Å². The summed E-state index contributed by atoms with van der Waals surface area (Å²) in [5.74, 6) is -0.842. The molecule has 0 unspecified atom stereocenters. The molecule has 106 valence electrons. The van der Waals surface area contributed by atoms with Gasteiger partial charge in [-0.05, 0) is 18.1 Å². The maximum absolute atomic E-state index is 12.1. The Bertz CT molecular complexity index is 719. The van der Waals surface area contributed by atoms with E-state index in [0.29, 0.717) is 0 Å². The van der Waals surface area contributed by atoms with Gasteiger partial charge in [-0.2, -0.15) is 0 Å². The lowest BCUT2D eigenvalue weighted by atomic mass is 10.2. The number of fused-ring (bicyclic) bond motifs is 1. The highest BCUT2D eigenvalue weighted by molar-refractivity contribution is 5.98. The van der Waals surface area contributed by atoms with E-state index < -0.39 is 11.5 Å². The van der Waals surface area contributed by atoms with Crippen LogP contribution in [0.15, 0.2) is 23.1 Å². The van der Waals surface area contributed by atoms with Crippen LogP contribution in [0.25, 0.3) is 10.9 Å². The minimum Gasteiger partial charge on any atom is -0.505 e. The number of aromatic hydroxyl groups is 1. The third-order valence-corrected chi connectivity index (χ3v) is 2.87. The van der Waals surface area contributed by atoms with Crippen LogP contribution in [0.5, 0.6) is 5.75 Å². The number of hydrogen-bond donors (Lipinski definition) is 1. The molecule has 0 saturated heterocycles. The van der Waals surface area contributed by atoms with Gasteiger partial charge in [-0.15, -0.1) is 0 Å². The van der Waals surface area contributed by atoms with Crippen LogP contribution in [0.2, 0.25) is 0 Å². The Hall–Kier alpha value is -2.37. The van der Waals surface area contributed by atoms with Gasteiger partial charge in [0.25, 0.3) is 5.56 Å². The van der Waals surface area contributed by atoms with Crippen molar-refractivity contribution in [2.75, 3.05) is 6.61 Å². The Balaban J connectivity index is 2.59. The van der Waals surface area contributed by atoms with Gasteiger partial charge in [0.15, 0.2) is 11.4 Å². The second kappa shape index (κ2) is 5.32. The van der Waals surface area contributed by atoms with Gasteiger partial charge >= 0.3 is 5.97 Å². The topological polar surface area (TPSA) is 81.4 Å². The van der Waals surface area contributed by atoms with Crippen molar-refractivity contribution < 1.29 is 14.6 Å². The van der Waals surface area contributed by atoms with Crippen molar-refractivity contribution in [2.24, 2.45) is 13.0 Å². The predicted octanol–water partition coefficient (Wildman–Crippen LogP) is 1.45. The Morgan fingerprint density at radius 3 is 2.85 bits per heavy atom. The molecule has 6 nitrogen and oxygen atoms in total. The summed E-state index contributed by atoms with van der Waals surface area (Å²) in [5.41, 5.74) is -0.487. The zero-order chi connectivity index (χ0) is 14.9. The first kappa shape index (κ1) is 14.0. The molecule has 0 aliphatic heterocycles. The van der Waals surface area contributed by atoms with Crippen LogP contribution in [-0.2, 0) is 11.8 Å². The molecule has 2 heterocycles. The summed E-state index contributed by atoms with van der Waals surface area (Å²) >= 11 is 0. The molecule has 6 heteroatoms.